The number of hydrogen-bond acceptors (Lipinski definition) is 10. The smallest absolute Gasteiger partial charge is 0.338 e. The molecule has 3 aromatic carbocycles. The lowest BCUT2D eigenvalue weighted by Crippen LogP contribution is -2.40. The highest BCUT2D eigenvalue weighted by atomic mass is 79.9. The Morgan fingerprint density at radius 3 is 2.46 bits per heavy atom. The lowest BCUT2D eigenvalue weighted by atomic mass is 9.95. The summed E-state index contributed by atoms with van der Waals surface area (Å²) in [5.41, 5.74) is 2.34. The Kier molecular flexibility index (Phi) is 10.0. The van der Waals surface area contributed by atoms with Gasteiger partial charge in [0, 0.05) is 22.2 Å². The number of nitro benzene ring substituents is 1. The number of nitrogens with zero attached hydrogens (tertiary/aromatic N) is 3. The van der Waals surface area contributed by atoms with E-state index in [1.807, 2.05) is 19.1 Å². The molecule has 0 fully saturated rings. The second kappa shape index (κ2) is 14.1. The molecule has 11 nitrogen and oxygen atoms in total. The average Bonchev–Trinajstić information content (AvgIpc) is 3.34. The van der Waals surface area contributed by atoms with Crippen molar-refractivity contribution in [2.24, 2.45) is 4.99 Å². The minimum absolute atomic E-state index is 0.00753. The summed E-state index contributed by atoms with van der Waals surface area (Å²) in [6.07, 6.45) is 1.72. The quantitative estimate of drug-likeness (QED) is 0.114. The number of aromatic nitrogens is 1. The van der Waals surface area contributed by atoms with Crippen LogP contribution in [0.5, 0.6) is 17.2 Å². The van der Waals surface area contributed by atoms with Crippen molar-refractivity contribution in [3.63, 3.8) is 0 Å². The van der Waals surface area contributed by atoms with Crippen LogP contribution in [0.15, 0.2) is 86.2 Å². The molecule has 46 heavy (non-hydrogen) atoms. The van der Waals surface area contributed by atoms with Crippen LogP contribution in [0.2, 0.25) is 0 Å². The van der Waals surface area contributed by atoms with Gasteiger partial charge in [0.05, 0.1) is 47.1 Å². The second-order valence-corrected chi connectivity index (χ2v) is 12.0. The predicted octanol–water partition coefficient (Wildman–Crippen LogP) is 5.46. The van der Waals surface area contributed by atoms with Crippen LogP contribution in [0.3, 0.4) is 0 Å². The van der Waals surface area contributed by atoms with Gasteiger partial charge in [-0.15, -0.1) is 0 Å². The van der Waals surface area contributed by atoms with Gasteiger partial charge in [0.15, 0.2) is 16.3 Å². The topological polar surface area (TPSA) is 131 Å². The van der Waals surface area contributed by atoms with E-state index in [1.54, 1.807) is 63.4 Å². The molecule has 0 unspecified atom stereocenters. The monoisotopic (exact) mass is 707 g/mol. The molecule has 0 bridgehead atoms. The Bertz CT molecular complexity index is 2020. The second-order valence-electron chi connectivity index (χ2n) is 10.0. The zero-order valence-corrected chi connectivity index (χ0v) is 27.8. The number of allylic oxidation sites excluding steroid dienone is 1. The van der Waals surface area contributed by atoms with Gasteiger partial charge in [-0.3, -0.25) is 19.5 Å². The normalized spacial score (nSPS) is 14.4. The van der Waals surface area contributed by atoms with Crippen LogP contribution < -0.4 is 29.1 Å². The van der Waals surface area contributed by atoms with Gasteiger partial charge in [-0.05, 0) is 80.4 Å². The minimum Gasteiger partial charge on any atom is -0.493 e. The Balaban J connectivity index is 1.61. The molecule has 13 heteroatoms. The first-order chi connectivity index (χ1) is 22.1. The lowest BCUT2D eigenvalue weighted by molar-refractivity contribution is -0.384. The molecule has 0 saturated carbocycles. The molecular formula is C33H30BrN3O8S. The molecule has 1 aliphatic heterocycles. The Hall–Kier alpha value is -4.75. The van der Waals surface area contributed by atoms with E-state index in [0.717, 1.165) is 10.0 Å². The molecule has 2 heterocycles. The summed E-state index contributed by atoms with van der Waals surface area (Å²) in [4.78, 5) is 43.1. The van der Waals surface area contributed by atoms with Gasteiger partial charge in [-0.2, -0.15) is 0 Å². The summed E-state index contributed by atoms with van der Waals surface area (Å²) in [6, 6.07) is 16.0. The summed E-state index contributed by atoms with van der Waals surface area (Å²) >= 11 is 4.70. The van der Waals surface area contributed by atoms with Crippen molar-refractivity contribution >= 4 is 45.0 Å². The molecule has 1 aromatic heterocycles. The van der Waals surface area contributed by atoms with Crippen LogP contribution in [0.25, 0.3) is 6.08 Å². The zero-order valence-electron chi connectivity index (χ0n) is 25.4. The number of carbonyl (C=O) groups is 1. The predicted molar refractivity (Wildman–Crippen MR) is 176 cm³/mol. The van der Waals surface area contributed by atoms with Crippen molar-refractivity contribution in [1.29, 1.82) is 0 Å². The first-order valence-electron chi connectivity index (χ1n) is 14.3. The molecule has 0 spiro atoms. The van der Waals surface area contributed by atoms with Crippen LogP contribution in [0.4, 0.5) is 5.69 Å². The van der Waals surface area contributed by atoms with Crippen molar-refractivity contribution in [3.8, 4) is 17.2 Å². The average molecular weight is 709 g/mol. The highest BCUT2D eigenvalue weighted by Crippen LogP contribution is 2.36. The molecular weight excluding hydrogens is 678 g/mol. The van der Waals surface area contributed by atoms with Crippen LogP contribution in [0, 0.1) is 10.1 Å². The van der Waals surface area contributed by atoms with Crippen LogP contribution in [0.1, 0.15) is 43.5 Å². The molecule has 1 atom stereocenters. The number of methoxy groups -OCH3 is 1. The fraction of sp³-hybridized carbons (Fsp3) is 0.242. The largest absolute Gasteiger partial charge is 0.493 e. The number of non-ortho nitro benzene ring substituents is 1. The number of fused-ring (bicyclic) bond motifs is 1. The van der Waals surface area contributed by atoms with Gasteiger partial charge in [-0.1, -0.05) is 33.3 Å². The molecule has 0 N–H and O–H groups in total. The maximum atomic E-state index is 14.2. The third-order valence-corrected chi connectivity index (χ3v) is 8.60. The van der Waals surface area contributed by atoms with Crippen molar-refractivity contribution in [2.45, 2.75) is 33.4 Å². The summed E-state index contributed by atoms with van der Waals surface area (Å²) in [5, 5.41) is 11.0. The number of benzene rings is 3. The van der Waals surface area contributed by atoms with Crippen molar-refractivity contribution in [1.82, 2.24) is 4.57 Å². The van der Waals surface area contributed by atoms with E-state index in [-0.39, 0.29) is 30.0 Å². The highest BCUT2D eigenvalue weighted by Gasteiger charge is 2.34. The molecule has 1 aliphatic rings. The molecule has 0 radical (unpaired) electrons. The lowest BCUT2D eigenvalue weighted by Gasteiger charge is -2.25. The van der Waals surface area contributed by atoms with Crippen LogP contribution in [-0.4, -0.2) is 35.8 Å². The number of hydrogen-bond donors (Lipinski definition) is 0. The third kappa shape index (κ3) is 6.75. The van der Waals surface area contributed by atoms with Gasteiger partial charge in [0.1, 0.15) is 12.4 Å². The summed E-state index contributed by atoms with van der Waals surface area (Å²) in [6.45, 7) is 6.01. The van der Waals surface area contributed by atoms with E-state index >= 15 is 0 Å². The summed E-state index contributed by atoms with van der Waals surface area (Å²) in [5.74, 6) is 0.938. The number of ether oxygens (including phenoxy) is 4. The Labute approximate surface area is 276 Å². The van der Waals surface area contributed by atoms with Gasteiger partial charge < -0.3 is 18.9 Å². The molecule has 238 valence electrons. The number of esters is 1. The maximum Gasteiger partial charge on any atom is 0.338 e. The van der Waals surface area contributed by atoms with E-state index in [9.17, 15) is 19.7 Å². The fourth-order valence-corrected chi connectivity index (χ4v) is 6.43. The number of halogens is 1. The summed E-state index contributed by atoms with van der Waals surface area (Å²) < 4.78 is 25.4. The number of nitro groups is 1. The molecule has 0 saturated heterocycles. The molecule has 5 rings (SSSR count). The van der Waals surface area contributed by atoms with Crippen molar-refractivity contribution < 1.29 is 28.7 Å². The number of rotatable bonds is 11. The Morgan fingerprint density at radius 2 is 1.78 bits per heavy atom. The summed E-state index contributed by atoms with van der Waals surface area (Å²) in [7, 11) is 1.54. The van der Waals surface area contributed by atoms with E-state index in [1.165, 1.54) is 28.0 Å². The SMILES string of the molecule is CCOC(=O)C1=C(C)N=c2s/c(=C\c3cc(Br)ccc3OCc3ccc([N+](=O)[O-])cc3)c(=O)n2[C@H]1c1ccc(OC)c(OCC)c1. The van der Waals surface area contributed by atoms with E-state index in [0.29, 0.717) is 50.0 Å². The number of carbonyl (C=O) groups excluding carboxylic acids is 1. The number of thiazole rings is 1. The first-order valence-corrected chi connectivity index (χ1v) is 15.9. The molecule has 4 aromatic rings. The van der Waals surface area contributed by atoms with E-state index < -0.39 is 16.9 Å². The third-order valence-electron chi connectivity index (χ3n) is 7.12. The van der Waals surface area contributed by atoms with Crippen molar-refractivity contribution in [2.75, 3.05) is 20.3 Å². The van der Waals surface area contributed by atoms with E-state index in [4.69, 9.17) is 18.9 Å². The van der Waals surface area contributed by atoms with Gasteiger partial charge in [0.2, 0.25) is 0 Å². The van der Waals surface area contributed by atoms with Gasteiger partial charge in [-0.25, -0.2) is 9.79 Å². The fourth-order valence-electron chi connectivity index (χ4n) is 5.02. The van der Waals surface area contributed by atoms with Crippen LogP contribution in [-0.2, 0) is 16.1 Å². The molecule has 0 aliphatic carbocycles. The Morgan fingerprint density at radius 1 is 1.04 bits per heavy atom. The van der Waals surface area contributed by atoms with Crippen molar-refractivity contribution in [3.05, 3.63) is 123 Å². The zero-order chi connectivity index (χ0) is 33.0. The van der Waals surface area contributed by atoms with Crippen LogP contribution >= 0.6 is 27.3 Å². The standard InChI is InChI=1S/C33H30BrN3O8S/c1-5-43-27-16-21(9-13-26(27)42-4)30-29(32(39)44-6-2)19(3)35-33-36(30)31(38)28(46-33)17-22-15-23(34)10-14-25(22)45-18-20-7-11-24(12-8-20)37(40)41/h7-17,30H,5-6,18H2,1-4H3/b28-17-/t30-/m0/s1. The van der Waals surface area contributed by atoms with Gasteiger partial charge in [0.25, 0.3) is 11.2 Å². The maximum absolute atomic E-state index is 14.2. The first kappa shape index (κ1) is 32.6. The van der Waals surface area contributed by atoms with E-state index in [2.05, 4.69) is 20.9 Å². The highest BCUT2D eigenvalue weighted by molar-refractivity contribution is 9.10. The minimum atomic E-state index is -0.831. The molecule has 0 amide bonds. The van der Waals surface area contributed by atoms with Gasteiger partial charge >= 0.3 is 5.97 Å².